The van der Waals surface area contributed by atoms with Crippen LogP contribution in [-0.2, 0) is 16.0 Å². The Morgan fingerprint density at radius 3 is 2.70 bits per heavy atom. The lowest BCUT2D eigenvalue weighted by Gasteiger charge is -2.21. The summed E-state index contributed by atoms with van der Waals surface area (Å²) < 4.78 is 5.84. The second-order valence-electron chi connectivity index (χ2n) is 6.03. The molecule has 0 unspecified atom stereocenters. The van der Waals surface area contributed by atoms with E-state index in [1.54, 1.807) is 0 Å². The zero-order valence-electron chi connectivity index (χ0n) is 13.8. The van der Waals surface area contributed by atoms with Gasteiger partial charge in [-0.2, -0.15) is 0 Å². The highest BCUT2D eigenvalue weighted by atomic mass is 35.5. The van der Waals surface area contributed by atoms with E-state index in [4.69, 9.17) is 10.5 Å². The van der Waals surface area contributed by atoms with Gasteiger partial charge >= 0.3 is 0 Å². The number of rotatable bonds is 8. The number of anilines is 1. The van der Waals surface area contributed by atoms with Crippen molar-refractivity contribution < 1.29 is 9.53 Å². The molecule has 0 heterocycles. The zero-order chi connectivity index (χ0) is 15.6. The Balaban J connectivity index is 0.00000264. The Bertz CT molecular complexity index is 462. The number of hydrogen-bond acceptors (Lipinski definition) is 3. The molecular weight excluding hydrogens is 312 g/mol. The summed E-state index contributed by atoms with van der Waals surface area (Å²) in [6.07, 6.45) is 8.85. The number of para-hydroxylation sites is 1. The molecule has 0 radical (unpaired) electrons. The normalized spacial score (nSPS) is 15.0. The molecule has 0 spiro atoms. The van der Waals surface area contributed by atoms with Crippen molar-refractivity contribution >= 4 is 24.0 Å². The van der Waals surface area contributed by atoms with E-state index in [1.165, 1.54) is 32.1 Å². The molecule has 0 bridgehead atoms. The maximum absolute atomic E-state index is 11.8. The Morgan fingerprint density at radius 2 is 1.96 bits per heavy atom. The molecule has 1 aromatic rings. The van der Waals surface area contributed by atoms with Crippen LogP contribution in [0.2, 0.25) is 0 Å². The minimum Gasteiger partial charge on any atom is -0.399 e. The highest BCUT2D eigenvalue weighted by Gasteiger charge is 2.13. The first-order valence-corrected chi connectivity index (χ1v) is 8.47. The van der Waals surface area contributed by atoms with Gasteiger partial charge in [0.25, 0.3) is 0 Å². The highest BCUT2D eigenvalue weighted by molar-refractivity contribution is 5.85. The van der Waals surface area contributed by atoms with Gasteiger partial charge in [0.2, 0.25) is 5.91 Å². The number of nitrogens with one attached hydrogen (secondary N) is 1. The standard InChI is InChI=1S/C18H28N2O2.ClH/c19-17-10-5-4-7-15(17)11-12-18(21)20-13-6-14-22-16-8-2-1-3-9-16;/h4-5,7,10,16H,1-3,6,8-9,11-14,19H2,(H,20,21);1H. The third kappa shape index (κ3) is 7.71. The maximum atomic E-state index is 11.8. The van der Waals surface area contributed by atoms with Crippen molar-refractivity contribution in [3.05, 3.63) is 29.8 Å². The predicted molar refractivity (Wildman–Crippen MR) is 96.9 cm³/mol. The van der Waals surface area contributed by atoms with Crippen LogP contribution in [0.3, 0.4) is 0 Å². The van der Waals surface area contributed by atoms with Gasteiger partial charge in [-0.3, -0.25) is 4.79 Å². The molecule has 3 N–H and O–H groups in total. The summed E-state index contributed by atoms with van der Waals surface area (Å²) in [4.78, 5) is 11.8. The zero-order valence-corrected chi connectivity index (χ0v) is 14.6. The van der Waals surface area contributed by atoms with Crippen LogP contribution < -0.4 is 11.1 Å². The van der Waals surface area contributed by atoms with Crippen LogP contribution in [0.4, 0.5) is 5.69 Å². The molecule has 1 amide bonds. The molecular formula is C18H29ClN2O2. The fraction of sp³-hybridized carbons (Fsp3) is 0.611. The number of carbonyl (C=O) groups is 1. The number of nitrogen functional groups attached to an aromatic ring is 1. The average molecular weight is 341 g/mol. The number of nitrogens with two attached hydrogens (primary N) is 1. The van der Waals surface area contributed by atoms with E-state index in [0.717, 1.165) is 24.3 Å². The van der Waals surface area contributed by atoms with E-state index in [9.17, 15) is 4.79 Å². The summed E-state index contributed by atoms with van der Waals surface area (Å²) >= 11 is 0. The van der Waals surface area contributed by atoms with Crippen LogP contribution in [0.25, 0.3) is 0 Å². The minimum absolute atomic E-state index is 0. The third-order valence-electron chi connectivity index (χ3n) is 4.23. The topological polar surface area (TPSA) is 64.4 Å². The fourth-order valence-electron chi connectivity index (χ4n) is 2.88. The quantitative estimate of drug-likeness (QED) is 0.562. The van der Waals surface area contributed by atoms with Gasteiger partial charge < -0.3 is 15.8 Å². The summed E-state index contributed by atoms with van der Waals surface area (Å²) in [6.45, 7) is 1.44. The van der Waals surface area contributed by atoms with Crippen molar-refractivity contribution in [2.75, 3.05) is 18.9 Å². The van der Waals surface area contributed by atoms with Crippen LogP contribution >= 0.6 is 12.4 Å². The monoisotopic (exact) mass is 340 g/mol. The van der Waals surface area contributed by atoms with Crippen molar-refractivity contribution in [2.24, 2.45) is 0 Å². The molecule has 1 aliphatic carbocycles. The van der Waals surface area contributed by atoms with E-state index in [0.29, 0.717) is 25.5 Å². The largest absolute Gasteiger partial charge is 0.399 e. The molecule has 0 atom stereocenters. The van der Waals surface area contributed by atoms with Crippen molar-refractivity contribution in [1.29, 1.82) is 0 Å². The Morgan fingerprint density at radius 1 is 1.22 bits per heavy atom. The van der Waals surface area contributed by atoms with Gasteiger partial charge in [-0.25, -0.2) is 0 Å². The van der Waals surface area contributed by atoms with Gasteiger partial charge in [-0.1, -0.05) is 37.5 Å². The Hall–Kier alpha value is -1.26. The Labute approximate surface area is 145 Å². The van der Waals surface area contributed by atoms with E-state index in [1.807, 2.05) is 24.3 Å². The molecule has 0 aromatic heterocycles. The van der Waals surface area contributed by atoms with Gasteiger partial charge in [0.15, 0.2) is 0 Å². The summed E-state index contributed by atoms with van der Waals surface area (Å²) in [5.41, 5.74) is 7.67. The molecule has 0 saturated heterocycles. The van der Waals surface area contributed by atoms with Crippen LogP contribution in [0.1, 0.15) is 50.5 Å². The summed E-state index contributed by atoms with van der Waals surface area (Å²) in [5, 5.41) is 2.95. The molecule has 130 valence electrons. The maximum Gasteiger partial charge on any atom is 0.220 e. The fourth-order valence-corrected chi connectivity index (χ4v) is 2.88. The van der Waals surface area contributed by atoms with Crippen molar-refractivity contribution in [2.45, 2.75) is 57.5 Å². The van der Waals surface area contributed by atoms with Gasteiger partial charge in [0.05, 0.1) is 6.10 Å². The van der Waals surface area contributed by atoms with Crippen LogP contribution in [0, 0.1) is 0 Å². The van der Waals surface area contributed by atoms with E-state index in [2.05, 4.69) is 5.32 Å². The molecule has 1 fully saturated rings. The molecule has 1 saturated carbocycles. The Kier molecular flexibility index (Phi) is 9.72. The molecule has 1 aromatic carbocycles. The minimum atomic E-state index is 0. The van der Waals surface area contributed by atoms with Crippen molar-refractivity contribution in [3.8, 4) is 0 Å². The second-order valence-corrected chi connectivity index (χ2v) is 6.03. The summed E-state index contributed by atoms with van der Waals surface area (Å²) in [6, 6.07) is 7.70. The van der Waals surface area contributed by atoms with Gasteiger partial charge in [-0.15, -0.1) is 12.4 Å². The number of aryl methyl sites for hydroxylation is 1. The first-order chi connectivity index (χ1) is 10.8. The molecule has 2 rings (SSSR count). The molecule has 5 heteroatoms. The lowest BCUT2D eigenvalue weighted by Crippen LogP contribution is -2.26. The number of halogens is 1. The number of benzene rings is 1. The SMILES string of the molecule is Cl.Nc1ccccc1CCC(=O)NCCCOC1CCCCC1. The molecule has 4 nitrogen and oxygen atoms in total. The first kappa shape index (κ1) is 19.8. The number of amides is 1. The lowest BCUT2D eigenvalue weighted by atomic mass is 9.98. The third-order valence-corrected chi connectivity index (χ3v) is 4.23. The molecule has 23 heavy (non-hydrogen) atoms. The highest BCUT2D eigenvalue weighted by Crippen LogP contribution is 2.20. The average Bonchev–Trinajstić information content (AvgIpc) is 2.55. The van der Waals surface area contributed by atoms with Crippen LogP contribution in [0.5, 0.6) is 0 Å². The molecule has 1 aliphatic rings. The number of carbonyl (C=O) groups excluding carboxylic acids is 1. The van der Waals surface area contributed by atoms with Crippen molar-refractivity contribution in [3.63, 3.8) is 0 Å². The van der Waals surface area contributed by atoms with Crippen LogP contribution in [0.15, 0.2) is 24.3 Å². The number of ether oxygens (including phenoxy) is 1. The second kappa shape index (κ2) is 11.3. The summed E-state index contributed by atoms with van der Waals surface area (Å²) in [5.74, 6) is 0.0842. The predicted octanol–water partition coefficient (Wildman–Crippen LogP) is 3.48. The van der Waals surface area contributed by atoms with Gasteiger partial charge in [-0.05, 0) is 37.3 Å². The van der Waals surface area contributed by atoms with Gasteiger partial charge in [0, 0.05) is 25.3 Å². The smallest absolute Gasteiger partial charge is 0.220 e. The first-order valence-electron chi connectivity index (χ1n) is 8.47. The number of hydrogen-bond donors (Lipinski definition) is 2. The van der Waals surface area contributed by atoms with Crippen LogP contribution in [-0.4, -0.2) is 25.2 Å². The van der Waals surface area contributed by atoms with E-state index in [-0.39, 0.29) is 18.3 Å². The van der Waals surface area contributed by atoms with E-state index >= 15 is 0 Å². The molecule has 0 aliphatic heterocycles. The van der Waals surface area contributed by atoms with Gasteiger partial charge in [0.1, 0.15) is 0 Å². The lowest BCUT2D eigenvalue weighted by molar-refractivity contribution is -0.121. The van der Waals surface area contributed by atoms with E-state index < -0.39 is 0 Å². The van der Waals surface area contributed by atoms with Crippen molar-refractivity contribution in [1.82, 2.24) is 5.32 Å². The summed E-state index contributed by atoms with van der Waals surface area (Å²) in [7, 11) is 0.